The number of rotatable bonds is 2. The Morgan fingerprint density at radius 3 is 2.76 bits per heavy atom. The first-order valence-electron chi connectivity index (χ1n) is 4.69. The molecule has 0 saturated heterocycles. The smallest absolute Gasteiger partial charge is 0.256 e. The number of hydrogen-bond acceptors (Lipinski definition) is 3. The molecular weight excluding hydrogens is 305 g/mol. The molecule has 4 nitrogen and oxygen atoms in total. The largest absolute Gasteiger partial charge is 0.307 e. The summed E-state index contributed by atoms with van der Waals surface area (Å²) in [5, 5.41) is 3.18. The van der Waals surface area contributed by atoms with Crippen molar-refractivity contribution in [2.24, 2.45) is 0 Å². The Kier molecular flexibility index (Phi) is 3.71. The van der Waals surface area contributed by atoms with Crippen molar-refractivity contribution in [3.8, 4) is 0 Å². The predicted molar refractivity (Wildman–Crippen MR) is 69.1 cm³/mol. The Balaban J connectivity index is 2.14. The van der Waals surface area contributed by atoms with Gasteiger partial charge in [0, 0.05) is 18.0 Å². The Labute approximate surface area is 111 Å². The second-order valence-electron chi connectivity index (χ2n) is 3.18. The number of nitrogens with one attached hydrogen (secondary N) is 1. The maximum Gasteiger partial charge on any atom is 0.256 e. The zero-order chi connectivity index (χ0) is 12.3. The first-order chi connectivity index (χ1) is 8.15. The molecule has 86 valence electrons. The number of carbonyl (C=O) groups excluding carboxylic acids is 1. The van der Waals surface area contributed by atoms with E-state index in [4.69, 9.17) is 11.6 Å². The van der Waals surface area contributed by atoms with E-state index in [0.29, 0.717) is 21.0 Å². The first-order valence-corrected chi connectivity index (χ1v) is 5.87. The van der Waals surface area contributed by atoms with Gasteiger partial charge in [0.05, 0.1) is 5.02 Å². The third-order valence-corrected chi connectivity index (χ3v) is 2.61. The summed E-state index contributed by atoms with van der Waals surface area (Å²) < 4.78 is 0.606. The van der Waals surface area contributed by atoms with Gasteiger partial charge in [0.25, 0.3) is 5.91 Å². The van der Waals surface area contributed by atoms with Crippen LogP contribution < -0.4 is 5.32 Å². The number of amides is 1. The highest BCUT2D eigenvalue weighted by Crippen LogP contribution is 2.12. The number of halogens is 2. The average Bonchev–Trinajstić information content (AvgIpc) is 2.32. The Hall–Kier alpha value is -1.46. The van der Waals surface area contributed by atoms with E-state index >= 15 is 0 Å². The molecule has 0 fully saturated rings. The molecule has 1 amide bonds. The number of anilines is 1. The summed E-state index contributed by atoms with van der Waals surface area (Å²) in [6.07, 6.45) is 3.02. The van der Waals surface area contributed by atoms with Crippen molar-refractivity contribution in [2.75, 3.05) is 5.32 Å². The fraction of sp³-hybridized carbons (Fsp3) is 0. The molecule has 2 aromatic rings. The highest BCUT2D eigenvalue weighted by molar-refractivity contribution is 9.10. The van der Waals surface area contributed by atoms with Crippen LogP contribution in [0, 0.1) is 0 Å². The Bertz CT molecular complexity index is 545. The van der Waals surface area contributed by atoms with Crippen molar-refractivity contribution in [3.63, 3.8) is 0 Å². The standard InChI is InChI=1S/C11H7BrClN3O/c12-9-5-7(3-4-14-9)11(17)16-10-2-1-8(13)6-15-10/h1-6H,(H,15,16,17). The van der Waals surface area contributed by atoms with Crippen molar-refractivity contribution < 1.29 is 4.79 Å². The summed E-state index contributed by atoms with van der Waals surface area (Å²) in [6.45, 7) is 0. The van der Waals surface area contributed by atoms with Gasteiger partial charge in [-0.3, -0.25) is 4.79 Å². The molecular formula is C11H7BrClN3O. The third kappa shape index (κ3) is 3.25. The summed E-state index contributed by atoms with van der Waals surface area (Å²) in [7, 11) is 0. The van der Waals surface area contributed by atoms with E-state index in [-0.39, 0.29) is 5.91 Å². The van der Waals surface area contributed by atoms with Crippen molar-refractivity contribution in [2.45, 2.75) is 0 Å². The fourth-order valence-electron chi connectivity index (χ4n) is 1.18. The van der Waals surface area contributed by atoms with Crippen LogP contribution in [-0.4, -0.2) is 15.9 Å². The van der Waals surface area contributed by atoms with Gasteiger partial charge >= 0.3 is 0 Å². The summed E-state index contributed by atoms with van der Waals surface area (Å²) in [5.41, 5.74) is 0.503. The van der Waals surface area contributed by atoms with Crippen molar-refractivity contribution in [1.82, 2.24) is 9.97 Å². The summed E-state index contributed by atoms with van der Waals surface area (Å²) in [6, 6.07) is 6.55. The topological polar surface area (TPSA) is 54.9 Å². The molecule has 2 rings (SSSR count). The lowest BCUT2D eigenvalue weighted by Crippen LogP contribution is -2.12. The second-order valence-corrected chi connectivity index (χ2v) is 4.43. The van der Waals surface area contributed by atoms with Gasteiger partial charge in [-0.25, -0.2) is 9.97 Å². The summed E-state index contributed by atoms with van der Waals surface area (Å²) in [5.74, 6) is 0.204. The zero-order valence-electron chi connectivity index (χ0n) is 8.52. The lowest BCUT2D eigenvalue weighted by atomic mass is 10.2. The zero-order valence-corrected chi connectivity index (χ0v) is 10.9. The van der Waals surface area contributed by atoms with Gasteiger partial charge in [-0.2, -0.15) is 0 Å². The molecule has 0 saturated carbocycles. The van der Waals surface area contributed by atoms with Crippen molar-refractivity contribution in [3.05, 3.63) is 51.8 Å². The Morgan fingerprint density at radius 1 is 1.29 bits per heavy atom. The normalized spacial score (nSPS) is 10.0. The number of pyridine rings is 2. The van der Waals surface area contributed by atoms with Crippen LogP contribution in [0.5, 0.6) is 0 Å². The molecule has 0 bridgehead atoms. The minimum absolute atomic E-state index is 0.247. The van der Waals surface area contributed by atoms with Gasteiger partial charge in [0.15, 0.2) is 0 Å². The molecule has 0 spiro atoms. The maximum absolute atomic E-state index is 11.8. The molecule has 0 aromatic carbocycles. The molecule has 0 atom stereocenters. The molecule has 17 heavy (non-hydrogen) atoms. The van der Waals surface area contributed by atoms with Crippen molar-refractivity contribution in [1.29, 1.82) is 0 Å². The summed E-state index contributed by atoms with van der Waals surface area (Å²) in [4.78, 5) is 19.7. The van der Waals surface area contributed by atoms with Crippen LogP contribution in [0.1, 0.15) is 10.4 Å². The molecule has 0 aliphatic heterocycles. The molecule has 0 radical (unpaired) electrons. The molecule has 6 heteroatoms. The van der Waals surface area contributed by atoms with Crippen LogP contribution in [0.4, 0.5) is 5.82 Å². The van der Waals surface area contributed by atoms with Gasteiger partial charge < -0.3 is 5.32 Å². The van der Waals surface area contributed by atoms with E-state index in [0.717, 1.165) is 0 Å². The van der Waals surface area contributed by atoms with E-state index in [1.165, 1.54) is 6.20 Å². The van der Waals surface area contributed by atoms with E-state index in [2.05, 4.69) is 31.2 Å². The molecule has 0 aliphatic rings. The Morgan fingerprint density at radius 2 is 2.12 bits per heavy atom. The van der Waals surface area contributed by atoms with E-state index in [1.54, 1.807) is 30.5 Å². The molecule has 0 aliphatic carbocycles. The molecule has 1 N–H and O–H groups in total. The highest BCUT2D eigenvalue weighted by Gasteiger charge is 2.07. The highest BCUT2D eigenvalue weighted by atomic mass is 79.9. The van der Waals surface area contributed by atoms with Gasteiger partial charge in [0.2, 0.25) is 0 Å². The van der Waals surface area contributed by atoms with Crippen LogP contribution in [0.3, 0.4) is 0 Å². The van der Waals surface area contributed by atoms with Gasteiger partial charge in [-0.1, -0.05) is 11.6 Å². The lowest BCUT2D eigenvalue weighted by Gasteiger charge is -2.04. The van der Waals surface area contributed by atoms with Crippen LogP contribution in [0.2, 0.25) is 5.02 Å². The first kappa shape index (κ1) is 12.0. The maximum atomic E-state index is 11.8. The third-order valence-electron chi connectivity index (χ3n) is 1.96. The van der Waals surface area contributed by atoms with Gasteiger partial charge in [-0.05, 0) is 40.2 Å². The molecule has 2 heterocycles. The van der Waals surface area contributed by atoms with E-state index in [1.807, 2.05) is 0 Å². The lowest BCUT2D eigenvalue weighted by molar-refractivity contribution is 0.102. The minimum atomic E-state index is -0.247. The quantitative estimate of drug-likeness (QED) is 0.867. The van der Waals surface area contributed by atoms with Gasteiger partial charge in [0.1, 0.15) is 10.4 Å². The minimum Gasteiger partial charge on any atom is -0.307 e. The number of carbonyl (C=O) groups is 1. The average molecular weight is 313 g/mol. The van der Waals surface area contributed by atoms with Crippen LogP contribution >= 0.6 is 27.5 Å². The molecule has 2 aromatic heterocycles. The number of hydrogen-bond donors (Lipinski definition) is 1. The SMILES string of the molecule is O=C(Nc1ccc(Cl)cn1)c1ccnc(Br)c1. The molecule has 0 unspecified atom stereocenters. The number of aromatic nitrogens is 2. The monoisotopic (exact) mass is 311 g/mol. The van der Waals surface area contributed by atoms with Crippen molar-refractivity contribution >= 4 is 39.3 Å². The van der Waals surface area contributed by atoms with E-state index in [9.17, 15) is 4.79 Å². The predicted octanol–water partition coefficient (Wildman–Crippen LogP) is 3.14. The second kappa shape index (κ2) is 5.25. The summed E-state index contributed by atoms with van der Waals surface area (Å²) >= 11 is 8.90. The van der Waals surface area contributed by atoms with Gasteiger partial charge in [-0.15, -0.1) is 0 Å². The number of nitrogens with zero attached hydrogens (tertiary/aromatic N) is 2. The van der Waals surface area contributed by atoms with Crippen LogP contribution in [0.25, 0.3) is 0 Å². The van der Waals surface area contributed by atoms with Crippen LogP contribution in [0.15, 0.2) is 41.3 Å². The fourth-order valence-corrected chi connectivity index (χ4v) is 1.66. The van der Waals surface area contributed by atoms with E-state index < -0.39 is 0 Å². The van der Waals surface area contributed by atoms with Crippen LogP contribution in [-0.2, 0) is 0 Å².